The van der Waals surface area contributed by atoms with Crippen LogP contribution in [0.15, 0.2) is 18.2 Å². The SMILES string of the molecule is CCCn1nnnc1COC(=O)c1ccc(OCC)c(OCC)c1. The number of carbonyl (C=O) groups is 1. The lowest BCUT2D eigenvalue weighted by Gasteiger charge is -2.12. The number of aromatic nitrogens is 4. The highest BCUT2D eigenvalue weighted by atomic mass is 16.5. The number of aryl methyl sites for hydroxylation is 1. The predicted molar refractivity (Wildman–Crippen MR) is 86.0 cm³/mol. The van der Waals surface area contributed by atoms with Gasteiger partial charge < -0.3 is 14.2 Å². The maximum absolute atomic E-state index is 12.2. The summed E-state index contributed by atoms with van der Waals surface area (Å²) in [4.78, 5) is 12.2. The molecule has 0 bridgehead atoms. The quantitative estimate of drug-likeness (QED) is 0.650. The molecule has 1 heterocycles. The van der Waals surface area contributed by atoms with Crippen LogP contribution in [0.4, 0.5) is 0 Å². The Morgan fingerprint density at radius 3 is 2.58 bits per heavy atom. The number of nitrogens with zero attached hydrogens (tertiary/aromatic N) is 4. The lowest BCUT2D eigenvalue weighted by Crippen LogP contribution is -2.11. The first-order valence-electron chi connectivity index (χ1n) is 8.01. The number of hydrogen-bond acceptors (Lipinski definition) is 7. The van der Waals surface area contributed by atoms with Gasteiger partial charge in [0.05, 0.1) is 18.8 Å². The molecule has 0 aliphatic carbocycles. The monoisotopic (exact) mass is 334 g/mol. The van der Waals surface area contributed by atoms with Gasteiger partial charge in [0, 0.05) is 6.54 Å². The van der Waals surface area contributed by atoms with Gasteiger partial charge in [-0.15, -0.1) is 5.10 Å². The molecule has 8 nitrogen and oxygen atoms in total. The zero-order chi connectivity index (χ0) is 17.4. The minimum atomic E-state index is -0.468. The van der Waals surface area contributed by atoms with Gasteiger partial charge in [-0.05, 0) is 48.9 Å². The third kappa shape index (κ3) is 4.43. The van der Waals surface area contributed by atoms with E-state index in [1.165, 1.54) is 0 Å². The van der Waals surface area contributed by atoms with E-state index in [1.54, 1.807) is 22.9 Å². The molecule has 130 valence electrons. The second-order valence-electron chi connectivity index (χ2n) is 4.92. The lowest BCUT2D eigenvalue weighted by molar-refractivity contribution is 0.0456. The molecule has 1 aromatic heterocycles. The Hall–Kier alpha value is -2.64. The minimum absolute atomic E-state index is 0.0169. The van der Waals surface area contributed by atoms with Crippen molar-refractivity contribution in [2.75, 3.05) is 13.2 Å². The number of ether oxygens (including phenoxy) is 3. The van der Waals surface area contributed by atoms with E-state index in [9.17, 15) is 4.79 Å². The maximum Gasteiger partial charge on any atom is 0.338 e. The number of carbonyl (C=O) groups excluding carboxylic acids is 1. The Bertz CT molecular complexity index is 672. The molecule has 0 saturated heterocycles. The molecule has 2 aromatic rings. The van der Waals surface area contributed by atoms with Crippen LogP contribution in [0.2, 0.25) is 0 Å². The fourth-order valence-corrected chi connectivity index (χ4v) is 2.10. The van der Waals surface area contributed by atoms with Crippen LogP contribution >= 0.6 is 0 Å². The van der Waals surface area contributed by atoms with Crippen molar-refractivity contribution in [2.24, 2.45) is 0 Å². The lowest BCUT2D eigenvalue weighted by atomic mass is 10.2. The summed E-state index contributed by atoms with van der Waals surface area (Å²) < 4.78 is 17.9. The molecule has 0 unspecified atom stereocenters. The van der Waals surface area contributed by atoms with Crippen molar-refractivity contribution in [3.63, 3.8) is 0 Å². The van der Waals surface area contributed by atoms with E-state index in [-0.39, 0.29) is 6.61 Å². The van der Waals surface area contributed by atoms with Crippen molar-refractivity contribution in [1.29, 1.82) is 0 Å². The van der Waals surface area contributed by atoms with Crippen molar-refractivity contribution >= 4 is 5.97 Å². The first kappa shape index (κ1) is 17.7. The smallest absolute Gasteiger partial charge is 0.338 e. The van der Waals surface area contributed by atoms with Crippen molar-refractivity contribution in [1.82, 2.24) is 20.2 Å². The van der Waals surface area contributed by atoms with Crippen molar-refractivity contribution in [2.45, 2.75) is 40.3 Å². The van der Waals surface area contributed by atoms with Gasteiger partial charge in [0.2, 0.25) is 0 Å². The summed E-state index contributed by atoms with van der Waals surface area (Å²) in [5.41, 5.74) is 0.386. The first-order valence-corrected chi connectivity index (χ1v) is 8.01. The molecule has 24 heavy (non-hydrogen) atoms. The fourth-order valence-electron chi connectivity index (χ4n) is 2.10. The third-order valence-electron chi connectivity index (χ3n) is 3.15. The molecule has 0 amide bonds. The summed E-state index contributed by atoms with van der Waals surface area (Å²) in [7, 11) is 0. The topological polar surface area (TPSA) is 88.4 Å². The average molecular weight is 334 g/mol. The zero-order valence-electron chi connectivity index (χ0n) is 14.2. The molecular weight excluding hydrogens is 312 g/mol. The van der Waals surface area contributed by atoms with E-state index in [2.05, 4.69) is 15.5 Å². The Labute approximate surface area is 140 Å². The number of tetrazole rings is 1. The molecule has 0 aliphatic rings. The van der Waals surface area contributed by atoms with Crippen LogP contribution in [-0.4, -0.2) is 39.4 Å². The Morgan fingerprint density at radius 1 is 1.12 bits per heavy atom. The van der Waals surface area contributed by atoms with Gasteiger partial charge in [-0.1, -0.05) is 6.92 Å². The summed E-state index contributed by atoms with van der Waals surface area (Å²) in [6.45, 7) is 7.47. The molecule has 8 heteroatoms. The molecule has 0 atom stereocenters. The van der Waals surface area contributed by atoms with Crippen LogP contribution in [0, 0.1) is 0 Å². The number of hydrogen-bond donors (Lipinski definition) is 0. The van der Waals surface area contributed by atoms with Crippen LogP contribution in [0.25, 0.3) is 0 Å². The molecule has 0 spiro atoms. The normalized spacial score (nSPS) is 10.5. The van der Waals surface area contributed by atoms with Crippen molar-refractivity contribution in [3.05, 3.63) is 29.6 Å². The fraction of sp³-hybridized carbons (Fsp3) is 0.500. The average Bonchev–Trinajstić information content (AvgIpc) is 3.02. The van der Waals surface area contributed by atoms with Gasteiger partial charge in [-0.2, -0.15) is 0 Å². The van der Waals surface area contributed by atoms with Crippen LogP contribution < -0.4 is 9.47 Å². The zero-order valence-corrected chi connectivity index (χ0v) is 14.2. The van der Waals surface area contributed by atoms with Gasteiger partial charge in [0.25, 0.3) is 0 Å². The van der Waals surface area contributed by atoms with Crippen LogP contribution in [-0.2, 0) is 17.9 Å². The van der Waals surface area contributed by atoms with E-state index in [0.29, 0.717) is 42.6 Å². The molecule has 0 radical (unpaired) electrons. The predicted octanol–water partition coefficient (Wildman–Crippen LogP) is 2.24. The molecule has 0 fully saturated rings. The van der Waals surface area contributed by atoms with E-state index in [0.717, 1.165) is 6.42 Å². The second kappa shape index (κ2) is 8.85. The van der Waals surface area contributed by atoms with E-state index in [1.807, 2.05) is 20.8 Å². The Balaban J connectivity index is 2.06. The van der Waals surface area contributed by atoms with Crippen molar-refractivity contribution in [3.8, 4) is 11.5 Å². The van der Waals surface area contributed by atoms with E-state index < -0.39 is 5.97 Å². The summed E-state index contributed by atoms with van der Waals surface area (Å²) in [5.74, 6) is 1.17. The van der Waals surface area contributed by atoms with Gasteiger partial charge in [-0.25, -0.2) is 9.48 Å². The van der Waals surface area contributed by atoms with Gasteiger partial charge >= 0.3 is 5.97 Å². The van der Waals surface area contributed by atoms with Crippen molar-refractivity contribution < 1.29 is 19.0 Å². The first-order chi connectivity index (χ1) is 11.7. The van der Waals surface area contributed by atoms with E-state index in [4.69, 9.17) is 14.2 Å². The highest BCUT2D eigenvalue weighted by Gasteiger charge is 2.14. The van der Waals surface area contributed by atoms with E-state index >= 15 is 0 Å². The molecule has 0 saturated carbocycles. The van der Waals surface area contributed by atoms with Gasteiger partial charge in [0.15, 0.2) is 23.9 Å². The second-order valence-corrected chi connectivity index (χ2v) is 4.92. The Morgan fingerprint density at radius 2 is 1.88 bits per heavy atom. The van der Waals surface area contributed by atoms with Gasteiger partial charge in [-0.3, -0.25) is 0 Å². The number of esters is 1. The third-order valence-corrected chi connectivity index (χ3v) is 3.15. The van der Waals surface area contributed by atoms with Crippen LogP contribution in [0.1, 0.15) is 43.4 Å². The summed E-state index contributed by atoms with van der Waals surface area (Å²) >= 11 is 0. The summed E-state index contributed by atoms with van der Waals surface area (Å²) in [5, 5.41) is 11.3. The number of benzene rings is 1. The van der Waals surface area contributed by atoms with Crippen LogP contribution in [0.5, 0.6) is 11.5 Å². The standard InChI is InChI=1S/C16H22N4O4/c1-4-9-20-15(17-18-19-20)11-24-16(21)12-7-8-13(22-5-2)14(10-12)23-6-3/h7-8,10H,4-6,9,11H2,1-3H3. The largest absolute Gasteiger partial charge is 0.490 e. The minimum Gasteiger partial charge on any atom is -0.490 e. The van der Waals surface area contributed by atoms with Crippen LogP contribution in [0.3, 0.4) is 0 Å². The summed E-state index contributed by atoms with van der Waals surface area (Å²) in [6.07, 6.45) is 0.891. The number of rotatable bonds is 9. The molecule has 2 rings (SSSR count). The highest BCUT2D eigenvalue weighted by Crippen LogP contribution is 2.28. The molecular formula is C16H22N4O4. The molecule has 0 aliphatic heterocycles. The molecule has 1 aromatic carbocycles. The highest BCUT2D eigenvalue weighted by molar-refractivity contribution is 5.90. The summed E-state index contributed by atoms with van der Waals surface area (Å²) in [6, 6.07) is 4.96. The maximum atomic E-state index is 12.2. The molecule has 0 N–H and O–H groups in total. The van der Waals surface area contributed by atoms with Gasteiger partial charge in [0.1, 0.15) is 0 Å². The Kier molecular flexibility index (Phi) is 6.53.